The molecule has 2 fully saturated rings. The lowest BCUT2D eigenvalue weighted by Crippen LogP contribution is -2.33. The van der Waals surface area contributed by atoms with Gasteiger partial charge in [-0.1, -0.05) is 18.2 Å². The number of piperidine rings is 1. The second-order valence-electron chi connectivity index (χ2n) is 6.13. The summed E-state index contributed by atoms with van der Waals surface area (Å²) < 4.78 is 5.60. The minimum atomic E-state index is 0.211. The third kappa shape index (κ3) is 3.05. The number of hydrogen-bond donors (Lipinski definition) is 2. The van der Waals surface area contributed by atoms with E-state index in [1.54, 1.807) is 0 Å². The van der Waals surface area contributed by atoms with Crippen LogP contribution >= 0.6 is 0 Å². The van der Waals surface area contributed by atoms with Crippen LogP contribution in [0.5, 0.6) is 5.75 Å². The summed E-state index contributed by atoms with van der Waals surface area (Å²) in [6.07, 6.45) is 3.34. The first kappa shape index (κ1) is 14.4. The van der Waals surface area contributed by atoms with Crippen LogP contribution in [0.4, 0.5) is 0 Å². The summed E-state index contributed by atoms with van der Waals surface area (Å²) in [4.78, 5) is 12.3. The monoisotopic (exact) mass is 288 g/mol. The van der Waals surface area contributed by atoms with Gasteiger partial charge in [-0.3, -0.25) is 4.79 Å². The summed E-state index contributed by atoms with van der Waals surface area (Å²) in [5.74, 6) is 1.30. The Morgan fingerprint density at radius 3 is 2.90 bits per heavy atom. The van der Waals surface area contributed by atoms with Crippen molar-refractivity contribution in [3.05, 3.63) is 29.8 Å². The van der Waals surface area contributed by atoms with Crippen molar-refractivity contribution >= 4 is 5.91 Å². The molecule has 0 aromatic heterocycles. The molecule has 1 aliphatic heterocycles. The Balaban J connectivity index is 1.55. The lowest BCUT2D eigenvalue weighted by atomic mass is 9.92. The van der Waals surface area contributed by atoms with Gasteiger partial charge in [-0.15, -0.1) is 0 Å². The summed E-state index contributed by atoms with van der Waals surface area (Å²) >= 11 is 0. The molecule has 1 spiro atoms. The predicted molar refractivity (Wildman–Crippen MR) is 82.1 cm³/mol. The standard InChI is InChI=1S/C17H24N2O2/c1-2-21-15-6-4-3-5-13(15)12-19-16(20)14-11-17(14)7-9-18-10-8-17/h3-6,14,18H,2,7-12H2,1H3,(H,19,20). The molecule has 2 N–H and O–H groups in total. The highest BCUT2D eigenvalue weighted by molar-refractivity contribution is 5.82. The van der Waals surface area contributed by atoms with E-state index in [9.17, 15) is 4.79 Å². The number of carbonyl (C=O) groups excluding carboxylic acids is 1. The van der Waals surface area contributed by atoms with Crippen LogP contribution in [0.15, 0.2) is 24.3 Å². The van der Waals surface area contributed by atoms with Crippen LogP contribution in [0, 0.1) is 11.3 Å². The van der Waals surface area contributed by atoms with E-state index in [1.165, 1.54) is 0 Å². The highest BCUT2D eigenvalue weighted by Crippen LogP contribution is 2.58. The van der Waals surface area contributed by atoms with Crippen LogP contribution in [0.25, 0.3) is 0 Å². The maximum atomic E-state index is 12.3. The van der Waals surface area contributed by atoms with Crippen molar-refractivity contribution < 1.29 is 9.53 Å². The molecule has 3 rings (SSSR count). The molecule has 0 bridgehead atoms. The average Bonchev–Trinajstić information content (AvgIpc) is 3.20. The van der Waals surface area contributed by atoms with Gasteiger partial charge in [-0.2, -0.15) is 0 Å². The second kappa shape index (κ2) is 6.06. The molecule has 1 saturated carbocycles. The molecule has 21 heavy (non-hydrogen) atoms. The average molecular weight is 288 g/mol. The number of benzene rings is 1. The molecule has 1 aliphatic carbocycles. The van der Waals surface area contributed by atoms with Gasteiger partial charge < -0.3 is 15.4 Å². The van der Waals surface area contributed by atoms with Crippen molar-refractivity contribution in [1.82, 2.24) is 10.6 Å². The summed E-state index contributed by atoms with van der Waals surface area (Å²) in [5.41, 5.74) is 1.35. The molecule has 1 atom stereocenters. The lowest BCUT2D eigenvalue weighted by molar-refractivity contribution is -0.123. The molecule has 1 aromatic carbocycles. The molecule has 4 nitrogen and oxygen atoms in total. The van der Waals surface area contributed by atoms with Crippen molar-refractivity contribution in [2.75, 3.05) is 19.7 Å². The number of amides is 1. The number of para-hydroxylation sites is 1. The van der Waals surface area contributed by atoms with Crippen molar-refractivity contribution in [3.8, 4) is 5.75 Å². The van der Waals surface area contributed by atoms with E-state index in [4.69, 9.17) is 4.74 Å². The van der Waals surface area contributed by atoms with Gasteiger partial charge in [0.1, 0.15) is 5.75 Å². The molecule has 1 amide bonds. The van der Waals surface area contributed by atoms with Crippen molar-refractivity contribution in [2.45, 2.75) is 32.7 Å². The van der Waals surface area contributed by atoms with E-state index < -0.39 is 0 Å². The maximum absolute atomic E-state index is 12.3. The normalized spacial score (nSPS) is 22.8. The van der Waals surface area contributed by atoms with Gasteiger partial charge >= 0.3 is 0 Å². The van der Waals surface area contributed by atoms with Crippen LogP contribution in [-0.2, 0) is 11.3 Å². The van der Waals surface area contributed by atoms with Crippen LogP contribution in [-0.4, -0.2) is 25.6 Å². The fraction of sp³-hybridized carbons (Fsp3) is 0.588. The number of hydrogen-bond acceptors (Lipinski definition) is 3. The lowest BCUT2D eigenvalue weighted by Gasteiger charge is -2.23. The molecule has 1 saturated heterocycles. The van der Waals surface area contributed by atoms with E-state index in [1.807, 2.05) is 31.2 Å². The number of rotatable bonds is 5. The van der Waals surface area contributed by atoms with Crippen LogP contribution < -0.4 is 15.4 Å². The highest BCUT2D eigenvalue weighted by atomic mass is 16.5. The minimum Gasteiger partial charge on any atom is -0.494 e. The van der Waals surface area contributed by atoms with Crippen molar-refractivity contribution in [3.63, 3.8) is 0 Å². The first-order valence-electron chi connectivity index (χ1n) is 7.94. The zero-order valence-corrected chi connectivity index (χ0v) is 12.7. The molecule has 0 radical (unpaired) electrons. The number of carbonyl (C=O) groups is 1. The summed E-state index contributed by atoms with van der Waals surface area (Å²) in [6, 6.07) is 7.91. The molecule has 114 valence electrons. The second-order valence-corrected chi connectivity index (χ2v) is 6.13. The Bertz CT molecular complexity index is 509. The van der Waals surface area contributed by atoms with Crippen molar-refractivity contribution in [2.24, 2.45) is 11.3 Å². The smallest absolute Gasteiger partial charge is 0.223 e. The third-order valence-corrected chi connectivity index (χ3v) is 4.83. The van der Waals surface area contributed by atoms with E-state index in [0.29, 0.717) is 18.6 Å². The zero-order valence-electron chi connectivity index (χ0n) is 12.7. The SMILES string of the molecule is CCOc1ccccc1CNC(=O)C1CC12CCNCC2. The molecule has 1 unspecified atom stereocenters. The Morgan fingerprint density at radius 1 is 1.38 bits per heavy atom. The minimum absolute atomic E-state index is 0.211. The van der Waals surface area contributed by atoms with Gasteiger partial charge in [-0.05, 0) is 50.8 Å². The molecule has 4 heteroatoms. The summed E-state index contributed by atoms with van der Waals surface area (Å²) in [5, 5.41) is 6.46. The Labute approximate surface area is 126 Å². The van der Waals surface area contributed by atoms with E-state index in [0.717, 1.165) is 43.7 Å². The zero-order chi connectivity index (χ0) is 14.7. The van der Waals surface area contributed by atoms with E-state index in [-0.39, 0.29) is 11.8 Å². The third-order valence-electron chi connectivity index (χ3n) is 4.83. The van der Waals surface area contributed by atoms with Gasteiger partial charge in [-0.25, -0.2) is 0 Å². The molecular formula is C17H24N2O2. The fourth-order valence-corrected chi connectivity index (χ4v) is 3.45. The number of ether oxygens (including phenoxy) is 1. The van der Waals surface area contributed by atoms with Gasteiger partial charge in [0.05, 0.1) is 6.61 Å². The summed E-state index contributed by atoms with van der Waals surface area (Å²) in [6.45, 7) is 5.28. The first-order valence-corrected chi connectivity index (χ1v) is 7.94. The van der Waals surface area contributed by atoms with Gasteiger partial charge in [0.25, 0.3) is 0 Å². The molecule has 1 heterocycles. The molecule has 1 aromatic rings. The van der Waals surface area contributed by atoms with Gasteiger partial charge in [0, 0.05) is 18.0 Å². The van der Waals surface area contributed by atoms with Gasteiger partial charge in [0.15, 0.2) is 0 Å². The maximum Gasteiger partial charge on any atom is 0.223 e. The highest BCUT2D eigenvalue weighted by Gasteiger charge is 2.57. The summed E-state index contributed by atoms with van der Waals surface area (Å²) in [7, 11) is 0. The Morgan fingerprint density at radius 2 is 2.14 bits per heavy atom. The fourth-order valence-electron chi connectivity index (χ4n) is 3.45. The Kier molecular flexibility index (Phi) is 4.15. The molecular weight excluding hydrogens is 264 g/mol. The quantitative estimate of drug-likeness (QED) is 0.872. The first-order chi connectivity index (χ1) is 10.2. The molecule has 2 aliphatic rings. The van der Waals surface area contributed by atoms with Crippen LogP contribution in [0.2, 0.25) is 0 Å². The predicted octanol–water partition coefficient (Wildman–Crippen LogP) is 2.09. The van der Waals surface area contributed by atoms with Gasteiger partial charge in [0.2, 0.25) is 5.91 Å². The number of nitrogens with one attached hydrogen (secondary N) is 2. The van der Waals surface area contributed by atoms with E-state index >= 15 is 0 Å². The van der Waals surface area contributed by atoms with Crippen molar-refractivity contribution in [1.29, 1.82) is 0 Å². The topological polar surface area (TPSA) is 50.4 Å². The van der Waals surface area contributed by atoms with E-state index in [2.05, 4.69) is 10.6 Å². The van der Waals surface area contributed by atoms with Crippen LogP contribution in [0.3, 0.4) is 0 Å². The largest absolute Gasteiger partial charge is 0.494 e. The van der Waals surface area contributed by atoms with Crippen LogP contribution in [0.1, 0.15) is 31.7 Å². The Hall–Kier alpha value is -1.55.